The van der Waals surface area contributed by atoms with Crippen molar-refractivity contribution < 1.29 is 24.2 Å². The SMILES string of the molecule is CCCCC/C=C\C/C=C\C/C=C\CCCCCCCCC(=O)OC(CCC)CCCCCC(=O)NC(CCCN)C(=O)O. The predicted molar refractivity (Wildman–Crippen MR) is 183 cm³/mol. The summed E-state index contributed by atoms with van der Waals surface area (Å²) in [5.41, 5.74) is 5.44. The van der Waals surface area contributed by atoms with Gasteiger partial charge in [0.15, 0.2) is 0 Å². The number of hydrogen-bond acceptors (Lipinski definition) is 5. The fourth-order valence-electron chi connectivity index (χ4n) is 5.04. The Morgan fingerprint density at radius 3 is 1.84 bits per heavy atom. The molecule has 0 aliphatic heterocycles. The summed E-state index contributed by atoms with van der Waals surface area (Å²) in [5, 5.41) is 11.8. The topological polar surface area (TPSA) is 119 Å². The van der Waals surface area contributed by atoms with Crippen LogP contribution in [-0.4, -0.2) is 41.6 Å². The van der Waals surface area contributed by atoms with Crippen molar-refractivity contribution in [3.63, 3.8) is 0 Å². The van der Waals surface area contributed by atoms with E-state index in [4.69, 9.17) is 10.5 Å². The monoisotopic (exact) mass is 618 g/mol. The number of rotatable bonds is 31. The van der Waals surface area contributed by atoms with E-state index in [1.807, 2.05) is 0 Å². The van der Waals surface area contributed by atoms with Crippen molar-refractivity contribution in [1.82, 2.24) is 5.32 Å². The van der Waals surface area contributed by atoms with Gasteiger partial charge in [0.1, 0.15) is 12.1 Å². The smallest absolute Gasteiger partial charge is 0.326 e. The maximum Gasteiger partial charge on any atom is 0.326 e. The Labute approximate surface area is 269 Å². The first-order chi connectivity index (χ1) is 21.4. The van der Waals surface area contributed by atoms with Crippen LogP contribution in [-0.2, 0) is 19.1 Å². The van der Waals surface area contributed by atoms with E-state index in [1.165, 1.54) is 44.9 Å². The second-order valence-electron chi connectivity index (χ2n) is 11.9. The van der Waals surface area contributed by atoms with Gasteiger partial charge in [0.25, 0.3) is 0 Å². The van der Waals surface area contributed by atoms with Crippen molar-refractivity contribution in [2.75, 3.05) is 6.54 Å². The maximum atomic E-state index is 12.4. The number of nitrogens with one attached hydrogen (secondary N) is 1. The minimum absolute atomic E-state index is 0.0605. The summed E-state index contributed by atoms with van der Waals surface area (Å²) in [5.74, 6) is -1.36. The Morgan fingerprint density at radius 2 is 1.23 bits per heavy atom. The molecule has 44 heavy (non-hydrogen) atoms. The van der Waals surface area contributed by atoms with Crippen LogP contribution in [0.5, 0.6) is 0 Å². The van der Waals surface area contributed by atoms with Crippen LogP contribution in [0.4, 0.5) is 0 Å². The zero-order valence-electron chi connectivity index (χ0n) is 28.2. The van der Waals surface area contributed by atoms with Gasteiger partial charge in [-0.15, -0.1) is 0 Å². The van der Waals surface area contributed by atoms with E-state index in [0.717, 1.165) is 70.6 Å². The highest BCUT2D eigenvalue weighted by molar-refractivity contribution is 5.83. The molecule has 0 fully saturated rings. The molecule has 0 aromatic rings. The summed E-state index contributed by atoms with van der Waals surface area (Å²) in [6.07, 6.45) is 35.4. The second kappa shape index (κ2) is 32.0. The van der Waals surface area contributed by atoms with Gasteiger partial charge in [-0.3, -0.25) is 9.59 Å². The number of esters is 1. The minimum Gasteiger partial charge on any atom is -0.480 e. The largest absolute Gasteiger partial charge is 0.480 e. The number of nitrogens with two attached hydrogens (primary N) is 1. The molecule has 254 valence electrons. The number of aliphatic carboxylic acids is 1. The summed E-state index contributed by atoms with van der Waals surface area (Å²) < 4.78 is 5.76. The van der Waals surface area contributed by atoms with Gasteiger partial charge in [-0.2, -0.15) is 0 Å². The van der Waals surface area contributed by atoms with Crippen LogP contribution >= 0.6 is 0 Å². The van der Waals surface area contributed by atoms with E-state index >= 15 is 0 Å². The molecule has 4 N–H and O–H groups in total. The van der Waals surface area contributed by atoms with E-state index < -0.39 is 12.0 Å². The molecular weight excluding hydrogens is 552 g/mol. The lowest BCUT2D eigenvalue weighted by Crippen LogP contribution is -2.40. The zero-order valence-corrected chi connectivity index (χ0v) is 28.2. The standard InChI is InChI=1S/C37H66N2O5/c1-3-5-6-7-8-9-10-11-12-13-14-15-16-17-18-19-20-21-25-31-36(41)44-33(27-4-2)28-23-22-24-30-35(40)39-34(37(42)43)29-26-32-38/h8-9,11-12,14-15,33-34H,3-7,10,13,16-32,38H2,1-2H3,(H,39,40)(H,42,43)/b9-8-,12-11-,15-14-. The van der Waals surface area contributed by atoms with Crippen molar-refractivity contribution >= 4 is 17.8 Å². The van der Waals surface area contributed by atoms with Crippen LogP contribution in [0, 0.1) is 0 Å². The van der Waals surface area contributed by atoms with Crippen LogP contribution in [0.3, 0.4) is 0 Å². The Kier molecular flexibility index (Phi) is 30.2. The lowest BCUT2D eigenvalue weighted by molar-refractivity contribution is -0.150. The molecule has 0 bridgehead atoms. The average molecular weight is 619 g/mol. The molecule has 0 heterocycles. The van der Waals surface area contributed by atoms with Crippen molar-refractivity contribution in [1.29, 1.82) is 0 Å². The summed E-state index contributed by atoms with van der Waals surface area (Å²) in [6.45, 7) is 4.74. The maximum absolute atomic E-state index is 12.4. The van der Waals surface area contributed by atoms with E-state index in [2.05, 4.69) is 55.6 Å². The molecule has 0 aromatic heterocycles. The lowest BCUT2D eigenvalue weighted by Gasteiger charge is -2.17. The zero-order chi connectivity index (χ0) is 32.5. The number of carboxylic acids is 1. The molecule has 2 unspecified atom stereocenters. The average Bonchev–Trinajstić information content (AvgIpc) is 3.00. The number of carboxylic acid groups (broad SMARTS) is 1. The van der Waals surface area contributed by atoms with Crippen molar-refractivity contribution in [3.05, 3.63) is 36.5 Å². The third-order valence-corrected chi connectivity index (χ3v) is 7.69. The van der Waals surface area contributed by atoms with Gasteiger partial charge in [0.2, 0.25) is 5.91 Å². The van der Waals surface area contributed by atoms with E-state index in [-0.39, 0.29) is 18.0 Å². The van der Waals surface area contributed by atoms with Crippen molar-refractivity contribution in [3.8, 4) is 0 Å². The van der Waals surface area contributed by atoms with Crippen LogP contribution in [0.1, 0.15) is 162 Å². The first-order valence-electron chi connectivity index (χ1n) is 17.8. The molecule has 0 saturated heterocycles. The fraction of sp³-hybridized carbons (Fsp3) is 0.757. The van der Waals surface area contributed by atoms with Gasteiger partial charge in [0.05, 0.1) is 0 Å². The predicted octanol–water partition coefficient (Wildman–Crippen LogP) is 9.11. The molecule has 0 saturated carbocycles. The Bertz CT molecular complexity index is 793. The Hall–Kier alpha value is -2.41. The van der Waals surface area contributed by atoms with Crippen molar-refractivity contribution in [2.24, 2.45) is 5.73 Å². The first kappa shape index (κ1) is 41.6. The van der Waals surface area contributed by atoms with E-state index in [9.17, 15) is 19.5 Å². The Morgan fingerprint density at radius 1 is 0.659 bits per heavy atom. The fourth-order valence-corrected chi connectivity index (χ4v) is 5.04. The van der Waals surface area contributed by atoms with Crippen LogP contribution in [0.15, 0.2) is 36.5 Å². The number of ether oxygens (including phenoxy) is 1. The number of allylic oxidation sites excluding steroid dienone is 6. The summed E-state index contributed by atoms with van der Waals surface area (Å²) in [4.78, 5) is 35.7. The molecule has 7 heteroatoms. The molecule has 0 radical (unpaired) electrons. The number of hydrogen-bond donors (Lipinski definition) is 3. The van der Waals surface area contributed by atoms with Crippen LogP contribution in [0.2, 0.25) is 0 Å². The molecule has 7 nitrogen and oxygen atoms in total. The third kappa shape index (κ3) is 28.4. The number of carbonyl (C=O) groups is 3. The quantitative estimate of drug-likeness (QED) is 0.0405. The van der Waals surface area contributed by atoms with Gasteiger partial charge in [-0.25, -0.2) is 4.79 Å². The lowest BCUT2D eigenvalue weighted by atomic mass is 10.0. The highest BCUT2D eigenvalue weighted by atomic mass is 16.5. The molecule has 1 amide bonds. The number of amides is 1. The van der Waals surface area contributed by atoms with Crippen LogP contribution in [0.25, 0.3) is 0 Å². The van der Waals surface area contributed by atoms with E-state index in [1.54, 1.807) is 0 Å². The molecule has 0 aliphatic rings. The Balaban J connectivity index is 3.82. The van der Waals surface area contributed by atoms with Gasteiger partial charge < -0.3 is 20.9 Å². The number of carbonyl (C=O) groups excluding carboxylic acids is 2. The molecule has 2 atom stereocenters. The minimum atomic E-state index is -1.02. The molecule has 0 spiro atoms. The van der Waals surface area contributed by atoms with Gasteiger partial charge in [-0.05, 0) is 90.0 Å². The highest BCUT2D eigenvalue weighted by Gasteiger charge is 2.19. The molecular formula is C37H66N2O5. The van der Waals surface area contributed by atoms with E-state index in [0.29, 0.717) is 38.6 Å². The first-order valence-corrected chi connectivity index (χ1v) is 17.8. The van der Waals surface area contributed by atoms with Gasteiger partial charge in [0, 0.05) is 12.8 Å². The number of unbranched alkanes of at least 4 members (excludes halogenated alkanes) is 11. The molecule has 0 rings (SSSR count). The highest BCUT2D eigenvalue weighted by Crippen LogP contribution is 2.16. The normalized spacial score (nSPS) is 13.2. The van der Waals surface area contributed by atoms with Gasteiger partial charge in [-0.1, -0.05) is 102 Å². The third-order valence-electron chi connectivity index (χ3n) is 7.69. The molecule has 0 aliphatic carbocycles. The van der Waals surface area contributed by atoms with Gasteiger partial charge >= 0.3 is 11.9 Å². The summed E-state index contributed by atoms with van der Waals surface area (Å²) in [7, 11) is 0. The second-order valence-corrected chi connectivity index (χ2v) is 11.9. The molecule has 0 aromatic carbocycles. The summed E-state index contributed by atoms with van der Waals surface area (Å²) in [6, 6.07) is -0.873. The van der Waals surface area contributed by atoms with Crippen LogP contribution < -0.4 is 11.1 Å². The summed E-state index contributed by atoms with van der Waals surface area (Å²) >= 11 is 0. The van der Waals surface area contributed by atoms with Crippen molar-refractivity contribution in [2.45, 2.75) is 174 Å².